The zero-order valence-corrected chi connectivity index (χ0v) is 13.7. The summed E-state index contributed by atoms with van der Waals surface area (Å²) in [5.74, 6) is 0.614. The van der Waals surface area contributed by atoms with Crippen LogP contribution in [0.4, 0.5) is 5.69 Å². The van der Waals surface area contributed by atoms with Gasteiger partial charge >= 0.3 is 0 Å². The van der Waals surface area contributed by atoms with E-state index < -0.39 is 0 Å². The van der Waals surface area contributed by atoms with Crippen LogP contribution in [0.5, 0.6) is 0 Å². The Labute approximate surface area is 136 Å². The molecule has 2 heterocycles. The van der Waals surface area contributed by atoms with E-state index in [2.05, 4.69) is 71.7 Å². The molecule has 1 aromatic rings. The molecule has 0 spiro atoms. The molecule has 22 heavy (non-hydrogen) atoms. The third-order valence-corrected chi connectivity index (χ3v) is 5.79. The van der Waals surface area contributed by atoms with Crippen molar-refractivity contribution in [1.29, 1.82) is 0 Å². The monoisotopic (exact) mass is 308 g/mol. The maximum Gasteiger partial charge on any atom is 0.0476 e. The summed E-state index contributed by atoms with van der Waals surface area (Å²) in [5.41, 5.74) is 5.36. The molecule has 112 valence electrons. The van der Waals surface area contributed by atoms with Gasteiger partial charge in [-0.1, -0.05) is 38.1 Å². The average molecular weight is 308 g/mol. The van der Waals surface area contributed by atoms with Crippen LogP contribution in [0.3, 0.4) is 0 Å². The van der Waals surface area contributed by atoms with Gasteiger partial charge in [0.25, 0.3) is 0 Å². The molecule has 0 fully saturated rings. The topological polar surface area (TPSA) is 19.0 Å². The van der Waals surface area contributed by atoms with Crippen LogP contribution in [0.2, 0.25) is 0 Å². The molecule has 2 aliphatic heterocycles. The van der Waals surface area contributed by atoms with E-state index in [-0.39, 0.29) is 0 Å². The van der Waals surface area contributed by atoms with Crippen molar-refractivity contribution in [3.05, 3.63) is 60.3 Å². The molecule has 0 radical (unpaired) electrons. The van der Waals surface area contributed by atoms with E-state index in [0.717, 1.165) is 6.42 Å². The van der Waals surface area contributed by atoms with E-state index in [4.69, 9.17) is 0 Å². The third kappa shape index (κ3) is 2.20. The second kappa shape index (κ2) is 5.40. The van der Waals surface area contributed by atoms with E-state index in [1.54, 1.807) is 0 Å². The van der Waals surface area contributed by atoms with E-state index in [1.165, 1.54) is 27.4 Å². The highest BCUT2D eigenvalue weighted by Gasteiger charge is 2.32. The van der Waals surface area contributed by atoms with Crippen LogP contribution in [-0.2, 0) is 6.42 Å². The van der Waals surface area contributed by atoms with E-state index >= 15 is 0 Å². The number of hydrogen-bond acceptors (Lipinski definition) is 2. The number of nitrogens with one attached hydrogen (secondary N) is 1. The summed E-state index contributed by atoms with van der Waals surface area (Å²) in [5, 5.41) is 0. The Hall–Kier alpha value is -1.87. The second-order valence-corrected chi connectivity index (χ2v) is 7.25. The molecule has 4 rings (SSSR count). The minimum absolute atomic E-state index is 0.525. The number of pyridine rings is 1. The zero-order valence-electron chi connectivity index (χ0n) is 12.9. The molecular weight excluding hydrogens is 288 g/mol. The van der Waals surface area contributed by atoms with Crippen LogP contribution in [0.1, 0.15) is 19.4 Å². The predicted molar refractivity (Wildman–Crippen MR) is 94.5 cm³/mol. The Morgan fingerprint density at radius 3 is 2.73 bits per heavy atom. The van der Waals surface area contributed by atoms with Crippen molar-refractivity contribution in [2.45, 2.75) is 31.2 Å². The molecule has 1 aliphatic carbocycles. The van der Waals surface area contributed by atoms with Crippen LogP contribution in [0, 0.1) is 5.92 Å². The number of benzene rings is 1. The van der Waals surface area contributed by atoms with Crippen molar-refractivity contribution in [3.63, 3.8) is 0 Å². The van der Waals surface area contributed by atoms with Gasteiger partial charge in [-0.3, -0.25) is 0 Å². The molecule has 0 aromatic heterocycles. The maximum atomic E-state index is 3.37. The summed E-state index contributed by atoms with van der Waals surface area (Å²) in [6.07, 6.45) is 3.12. The minimum Gasteiger partial charge on any atom is -0.361 e. The van der Waals surface area contributed by atoms with Crippen molar-refractivity contribution in [2.75, 3.05) is 4.31 Å². The van der Waals surface area contributed by atoms with Gasteiger partial charge in [-0.05, 0) is 54.1 Å². The first-order valence-electron chi connectivity index (χ1n) is 7.85. The van der Waals surface area contributed by atoms with Crippen molar-refractivity contribution in [2.24, 2.45) is 5.92 Å². The molecule has 1 atom stereocenters. The number of para-hydroxylation sites is 1. The van der Waals surface area contributed by atoms with E-state index in [9.17, 15) is 0 Å². The van der Waals surface area contributed by atoms with Gasteiger partial charge in [0.05, 0.1) is 0 Å². The van der Waals surface area contributed by atoms with Crippen LogP contribution >= 0.6 is 11.9 Å². The first-order valence-corrected chi connectivity index (χ1v) is 8.62. The largest absolute Gasteiger partial charge is 0.361 e. The fourth-order valence-corrected chi connectivity index (χ4v) is 4.65. The van der Waals surface area contributed by atoms with Crippen molar-refractivity contribution in [1.82, 2.24) is 4.98 Å². The third-order valence-electron chi connectivity index (χ3n) is 4.44. The normalized spacial score (nSPS) is 18.0. The van der Waals surface area contributed by atoms with Crippen LogP contribution < -0.4 is 4.31 Å². The Kier molecular flexibility index (Phi) is 3.38. The molecule has 0 amide bonds. The average Bonchev–Trinajstić information content (AvgIpc) is 2.92. The first-order chi connectivity index (χ1) is 10.7. The van der Waals surface area contributed by atoms with E-state index in [1.807, 2.05) is 18.1 Å². The SMILES string of the molecule is CC(C)[C@@H]1Cc2cc3[nH]cccc-3c2SN1c1ccccc1. The van der Waals surface area contributed by atoms with Gasteiger partial charge in [-0.2, -0.15) is 0 Å². The van der Waals surface area contributed by atoms with Crippen LogP contribution in [-0.4, -0.2) is 11.0 Å². The Morgan fingerprint density at radius 2 is 1.95 bits per heavy atom. The smallest absolute Gasteiger partial charge is 0.0476 e. The lowest BCUT2D eigenvalue weighted by molar-refractivity contribution is 0.491. The maximum absolute atomic E-state index is 3.37. The molecule has 0 saturated heterocycles. The van der Waals surface area contributed by atoms with Gasteiger partial charge in [0.15, 0.2) is 0 Å². The number of hydrogen-bond donors (Lipinski definition) is 1. The molecular formula is C19H20N2S. The summed E-state index contributed by atoms with van der Waals surface area (Å²) in [6, 6.07) is 17.9. The minimum atomic E-state index is 0.525. The molecule has 2 nitrogen and oxygen atoms in total. The van der Waals surface area contributed by atoms with Gasteiger partial charge in [0, 0.05) is 34.1 Å². The van der Waals surface area contributed by atoms with Gasteiger partial charge in [0.1, 0.15) is 0 Å². The quantitative estimate of drug-likeness (QED) is 0.655. The standard InChI is InChI=1S/C19H20N2S/c1-13(2)18-12-14-11-17-16(9-6-10-20-17)19(14)22-21(18)15-7-4-3-5-8-15/h3-11,13,18,20H,12H2,1-2H3/t18-/m0/s1. The number of nitrogens with zero attached hydrogens (tertiary/aromatic N) is 1. The summed E-state index contributed by atoms with van der Waals surface area (Å²) < 4.78 is 2.50. The fourth-order valence-electron chi connectivity index (χ4n) is 3.24. The highest BCUT2D eigenvalue weighted by Crippen LogP contribution is 2.47. The molecule has 0 bridgehead atoms. The first kappa shape index (κ1) is 13.8. The summed E-state index contributed by atoms with van der Waals surface area (Å²) in [6.45, 7) is 4.64. The highest BCUT2D eigenvalue weighted by atomic mass is 32.2. The molecule has 1 aromatic carbocycles. The lowest BCUT2D eigenvalue weighted by atomic mass is 9.97. The van der Waals surface area contributed by atoms with Crippen molar-refractivity contribution in [3.8, 4) is 11.3 Å². The van der Waals surface area contributed by atoms with Crippen LogP contribution in [0.15, 0.2) is 59.6 Å². The lowest BCUT2D eigenvalue weighted by Gasteiger charge is -2.38. The Balaban J connectivity index is 1.80. The fraction of sp³-hybridized carbons (Fsp3) is 0.263. The lowest BCUT2D eigenvalue weighted by Crippen LogP contribution is -2.38. The number of aromatic amines is 1. The number of anilines is 1. The number of aromatic nitrogens is 1. The summed E-state index contributed by atoms with van der Waals surface area (Å²) in [7, 11) is 0. The predicted octanol–water partition coefficient (Wildman–Crippen LogP) is 5.21. The Bertz CT molecular complexity index is 747. The van der Waals surface area contributed by atoms with Gasteiger partial charge in [-0.15, -0.1) is 0 Å². The van der Waals surface area contributed by atoms with Gasteiger partial charge in [0.2, 0.25) is 0 Å². The summed E-state index contributed by atoms with van der Waals surface area (Å²) >= 11 is 1.90. The Morgan fingerprint density at radius 1 is 1.14 bits per heavy atom. The van der Waals surface area contributed by atoms with Gasteiger partial charge < -0.3 is 9.29 Å². The number of fused-ring (bicyclic) bond motifs is 3. The zero-order chi connectivity index (χ0) is 15.1. The van der Waals surface area contributed by atoms with Crippen LogP contribution in [0.25, 0.3) is 11.3 Å². The summed E-state index contributed by atoms with van der Waals surface area (Å²) in [4.78, 5) is 4.78. The highest BCUT2D eigenvalue weighted by molar-refractivity contribution is 8.01. The molecule has 0 saturated carbocycles. The molecule has 1 N–H and O–H groups in total. The van der Waals surface area contributed by atoms with E-state index in [0.29, 0.717) is 12.0 Å². The molecule has 3 heteroatoms. The number of rotatable bonds is 2. The van der Waals surface area contributed by atoms with Gasteiger partial charge in [-0.25, -0.2) is 0 Å². The molecule has 0 unspecified atom stereocenters. The van der Waals surface area contributed by atoms with Crippen molar-refractivity contribution >= 4 is 17.6 Å². The molecule has 3 aliphatic rings. The number of H-pyrrole nitrogens is 1. The van der Waals surface area contributed by atoms with Crippen molar-refractivity contribution < 1.29 is 0 Å². The second-order valence-electron chi connectivity index (χ2n) is 6.26.